The Labute approximate surface area is 108 Å². The maximum Gasteiger partial charge on any atom is 0.219 e. The van der Waals surface area contributed by atoms with E-state index >= 15 is 0 Å². The van der Waals surface area contributed by atoms with E-state index in [4.69, 9.17) is 34.3 Å². The zero-order chi connectivity index (χ0) is 12.3. The summed E-state index contributed by atoms with van der Waals surface area (Å²) in [5.41, 5.74) is 5.99. The molecule has 2 aromatic heterocycles. The van der Waals surface area contributed by atoms with Crippen LogP contribution in [0, 0.1) is 0 Å². The molecule has 0 amide bonds. The molecule has 2 heterocycles. The van der Waals surface area contributed by atoms with Crippen molar-refractivity contribution in [3.63, 3.8) is 0 Å². The third-order valence-corrected chi connectivity index (χ3v) is 2.29. The average molecular weight is 266 g/mol. The molecule has 6 heteroatoms. The van der Waals surface area contributed by atoms with Crippen LogP contribution in [0.25, 0.3) is 0 Å². The van der Waals surface area contributed by atoms with E-state index in [0.29, 0.717) is 22.3 Å². The molecule has 2 aromatic rings. The molecule has 17 heavy (non-hydrogen) atoms. The van der Waals surface area contributed by atoms with E-state index in [1.165, 1.54) is 6.20 Å². The Morgan fingerprint density at radius 1 is 1.35 bits per heavy atom. The van der Waals surface area contributed by atoms with Crippen molar-refractivity contribution in [1.29, 1.82) is 0 Å². The minimum Gasteiger partial charge on any atom is -0.437 e. The lowest BCUT2D eigenvalue weighted by molar-refractivity contribution is 0.460. The monoisotopic (exact) mass is 265 g/mol. The quantitative estimate of drug-likeness (QED) is 0.865. The van der Waals surface area contributed by atoms with Crippen molar-refractivity contribution >= 4 is 28.8 Å². The summed E-state index contributed by atoms with van der Waals surface area (Å²) >= 11 is 10.6. The van der Waals surface area contributed by atoms with Crippen LogP contribution in [0.2, 0.25) is 5.02 Å². The van der Waals surface area contributed by atoms with Crippen LogP contribution in [-0.4, -0.2) is 15.0 Å². The SMILES string of the molecule is NC(=S)c1cccc(Oc2cncc(Cl)c2)n1. The number of hydrogen-bond acceptors (Lipinski definition) is 4. The lowest BCUT2D eigenvalue weighted by atomic mass is 10.3. The summed E-state index contributed by atoms with van der Waals surface area (Å²) in [7, 11) is 0. The molecule has 0 atom stereocenters. The third kappa shape index (κ3) is 3.12. The number of rotatable bonds is 3. The standard InChI is InChI=1S/C11H8ClN3OS/c12-7-4-8(6-14-5-7)16-10-3-1-2-9(15-10)11(13)17/h1-6H,(H2,13,17). The highest BCUT2D eigenvalue weighted by molar-refractivity contribution is 7.80. The largest absolute Gasteiger partial charge is 0.437 e. The molecule has 2 N–H and O–H groups in total. The zero-order valence-corrected chi connectivity index (χ0v) is 10.2. The van der Waals surface area contributed by atoms with Crippen molar-refractivity contribution in [1.82, 2.24) is 9.97 Å². The van der Waals surface area contributed by atoms with Crippen LogP contribution in [0.1, 0.15) is 5.69 Å². The second-order valence-electron chi connectivity index (χ2n) is 3.17. The normalized spacial score (nSPS) is 9.94. The molecule has 4 nitrogen and oxygen atoms in total. The van der Waals surface area contributed by atoms with E-state index in [1.54, 1.807) is 30.5 Å². The fourth-order valence-corrected chi connectivity index (χ4v) is 1.46. The van der Waals surface area contributed by atoms with Gasteiger partial charge < -0.3 is 10.5 Å². The molecule has 86 valence electrons. The Morgan fingerprint density at radius 2 is 2.18 bits per heavy atom. The Balaban J connectivity index is 2.24. The number of pyridine rings is 2. The van der Waals surface area contributed by atoms with E-state index in [9.17, 15) is 0 Å². The molecular weight excluding hydrogens is 258 g/mol. The molecule has 0 saturated heterocycles. The highest BCUT2D eigenvalue weighted by atomic mass is 35.5. The van der Waals surface area contributed by atoms with E-state index < -0.39 is 0 Å². The summed E-state index contributed by atoms with van der Waals surface area (Å²) in [4.78, 5) is 8.26. The predicted molar refractivity (Wildman–Crippen MR) is 69.4 cm³/mol. The molecule has 0 fully saturated rings. The van der Waals surface area contributed by atoms with Crippen molar-refractivity contribution in [2.24, 2.45) is 5.73 Å². The zero-order valence-electron chi connectivity index (χ0n) is 8.63. The Hall–Kier alpha value is -1.72. The van der Waals surface area contributed by atoms with Crippen molar-refractivity contribution < 1.29 is 4.74 Å². The number of ether oxygens (including phenoxy) is 1. The van der Waals surface area contributed by atoms with Gasteiger partial charge in [0.1, 0.15) is 16.4 Å². The predicted octanol–water partition coefficient (Wildman–Crippen LogP) is 2.56. The van der Waals surface area contributed by atoms with Gasteiger partial charge in [-0.3, -0.25) is 4.98 Å². The van der Waals surface area contributed by atoms with E-state index in [-0.39, 0.29) is 4.99 Å². The van der Waals surface area contributed by atoms with Gasteiger partial charge in [-0.15, -0.1) is 0 Å². The molecule has 0 aliphatic carbocycles. The summed E-state index contributed by atoms with van der Waals surface area (Å²) in [6.07, 6.45) is 3.06. The van der Waals surface area contributed by atoms with Crippen LogP contribution in [0.5, 0.6) is 11.6 Å². The smallest absolute Gasteiger partial charge is 0.219 e. The lowest BCUT2D eigenvalue weighted by Crippen LogP contribution is -2.11. The molecular formula is C11H8ClN3OS. The number of nitrogens with two attached hydrogens (primary N) is 1. The first-order valence-electron chi connectivity index (χ1n) is 4.70. The van der Waals surface area contributed by atoms with Crippen molar-refractivity contribution in [2.45, 2.75) is 0 Å². The maximum atomic E-state index is 5.79. The minimum absolute atomic E-state index is 0.222. The molecule has 0 radical (unpaired) electrons. The summed E-state index contributed by atoms with van der Waals surface area (Å²) < 4.78 is 5.48. The second-order valence-corrected chi connectivity index (χ2v) is 4.04. The number of thiocarbonyl (C=S) groups is 1. The van der Waals surface area contributed by atoms with Gasteiger partial charge in [0.05, 0.1) is 11.2 Å². The molecule has 0 spiro atoms. The van der Waals surface area contributed by atoms with Crippen LogP contribution in [0.3, 0.4) is 0 Å². The number of hydrogen-bond donors (Lipinski definition) is 1. The highest BCUT2D eigenvalue weighted by Crippen LogP contribution is 2.21. The minimum atomic E-state index is 0.222. The molecule has 0 unspecified atom stereocenters. The number of halogens is 1. The average Bonchev–Trinajstić information content (AvgIpc) is 2.29. The van der Waals surface area contributed by atoms with Gasteiger partial charge in [0.2, 0.25) is 5.88 Å². The van der Waals surface area contributed by atoms with Crippen LogP contribution < -0.4 is 10.5 Å². The summed E-state index contributed by atoms with van der Waals surface area (Å²) in [6, 6.07) is 6.81. The van der Waals surface area contributed by atoms with Gasteiger partial charge in [-0.25, -0.2) is 4.98 Å². The van der Waals surface area contributed by atoms with Gasteiger partial charge >= 0.3 is 0 Å². The van der Waals surface area contributed by atoms with Gasteiger partial charge in [-0.05, 0) is 6.07 Å². The maximum absolute atomic E-state index is 5.79. The summed E-state index contributed by atoms with van der Waals surface area (Å²) in [5, 5.41) is 0.494. The number of aromatic nitrogens is 2. The van der Waals surface area contributed by atoms with Crippen LogP contribution >= 0.6 is 23.8 Å². The molecule has 0 aliphatic rings. The first kappa shape index (κ1) is 11.8. The van der Waals surface area contributed by atoms with Crippen molar-refractivity contribution in [3.8, 4) is 11.6 Å². The van der Waals surface area contributed by atoms with Crippen LogP contribution in [0.15, 0.2) is 36.7 Å². The third-order valence-electron chi connectivity index (χ3n) is 1.88. The highest BCUT2D eigenvalue weighted by Gasteiger charge is 2.03. The summed E-state index contributed by atoms with van der Waals surface area (Å²) in [5.74, 6) is 0.893. The fraction of sp³-hybridized carbons (Fsp3) is 0. The molecule has 0 bridgehead atoms. The Bertz CT molecular complexity index is 562. The Morgan fingerprint density at radius 3 is 2.88 bits per heavy atom. The van der Waals surface area contributed by atoms with Crippen LogP contribution in [0.4, 0.5) is 0 Å². The molecule has 0 aliphatic heterocycles. The summed E-state index contributed by atoms with van der Waals surface area (Å²) in [6.45, 7) is 0. The van der Waals surface area contributed by atoms with Crippen molar-refractivity contribution in [2.75, 3.05) is 0 Å². The molecule has 0 aromatic carbocycles. The van der Waals surface area contributed by atoms with Gasteiger partial charge in [0.15, 0.2) is 0 Å². The molecule has 2 rings (SSSR count). The molecule has 0 saturated carbocycles. The lowest BCUT2D eigenvalue weighted by Gasteiger charge is -2.05. The second kappa shape index (κ2) is 5.07. The van der Waals surface area contributed by atoms with Gasteiger partial charge in [0.25, 0.3) is 0 Å². The van der Waals surface area contributed by atoms with E-state index in [0.717, 1.165) is 0 Å². The Kier molecular flexibility index (Phi) is 3.51. The first-order chi connectivity index (χ1) is 8.15. The van der Waals surface area contributed by atoms with Crippen molar-refractivity contribution in [3.05, 3.63) is 47.4 Å². The fourth-order valence-electron chi connectivity index (χ4n) is 1.18. The number of nitrogens with zero attached hydrogens (tertiary/aromatic N) is 2. The topological polar surface area (TPSA) is 61.0 Å². The first-order valence-corrected chi connectivity index (χ1v) is 5.49. The van der Waals surface area contributed by atoms with Gasteiger partial charge in [-0.1, -0.05) is 29.9 Å². The van der Waals surface area contributed by atoms with E-state index in [1.807, 2.05) is 0 Å². The van der Waals surface area contributed by atoms with Gasteiger partial charge in [-0.2, -0.15) is 0 Å². The van der Waals surface area contributed by atoms with E-state index in [2.05, 4.69) is 9.97 Å². The van der Waals surface area contributed by atoms with Crippen LogP contribution in [-0.2, 0) is 0 Å². The van der Waals surface area contributed by atoms with Gasteiger partial charge in [0, 0.05) is 18.3 Å².